The molecule has 0 saturated carbocycles. The number of nitrogens with zero attached hydrogens (tertiary/aromatic N) is 1. The number of carboxylic acid groups (broad SMARTS) is 1. The van der Waals surface area contributed by atoms with Gasteiger partial charge in [0.15, 0.2) is 5.75 Å². The van der Waals surface area contributed by atoms with Gasteiger partial charge in [-0.1, -0.05) is 13.8 Å². The number of rotatable bonds is 5. The first-order valence-corrected chi connectivity index (χ1v) is 5.53. The Morgan fingerprint density at radius 1 is 1.47 bits per heavy atom. The normalized spacial score (nSPS) is 11.2. The van der Waals surface area contributed by atoms with Crippen LogP contribution < -0.4 is 10.3 Å². The molecule has 0 unspecified atom stereocenters. The van der Waals surface area contributed by atoms with E-state index < -0.39 is 17.1 Å². The van der Waals surface area contributed by atoms with Crippen LogP contribution in [0.2, 0.25) is 0 Å². The van der Waals surface area contributed by atoms with E-state index in [0.29, 0.717) is 12.8 Å². The van der Waals surface area contributed by atoms with Crippen molar-refractivity contribution in [1.82, 2.24) is 4.57 Å². The maximum atomic E-state index is 12.0. The van der Waals surface area contributed by atoms with Gasteiger partial charge in [0.05, 0.1) is 7.11 Å². The van der Waals surface area contributed by atoms with Crippen LogP contribution in [0.3, 0.4) is 0 Å². The summed E-state index contributed by atoms with van der Waals surface area (Å²) in [5.41, 5.74) is -1.62. The smallest absolute Gasteiger partial charge is 0.329 e. The number of aromatic nitrogens is 1. The molecule has 0 aliphatic heterocycles. The molecule has 5 nitrogen and oxygen atoms in total. The van der Waals surface area contributed by atoms with Gasteiger partial charge in [0.2, 0.25) is 0 Å². The number of ether oxygens (including phenoxy) is 1. The Morgan fingerprint density at radius 2 is 2.06 bits per heavy atom. The van der Waals surface area contributed by atoms with Crippen molar-refractivity contribution in [2.75, 3.05) is 7.11 Å². The summed E-state index contributed by atoms with van der Waals surface area (Å²) in [5.74, 6) is -0.849. The minimum absolute atomic E-state index is 0.153. The third-order valence-electron chi connectivity index (χ3n) is 3.16. The van der Waals surface area contributed by atoms with E-state index in [0.717, 1.165) is 0 Å². The van der Waals surface area contributed by atoms with E-state index in [1.807, 2.05) is 0 Å². The highest BCUT2D eigenvalue weighted by Crippen LogP contribution is 2.24. The lowest BCUT2D eigenvalue weighted by molar-refractivity contribution is -0.148. The molecule has 0 aliphatic carbocycles. The lowest BCUT2D eigenvalue weighted by Crippen LogP contribution is -2.46. The number of hydrogen-bond acceptors (Lipinski definition) is 3. The van der Waals surface area contributed by atoms with Gasteiger partial charge in [0, 0.05) is 6.20 Å². The highest BCUT2D eigenvalue weighted by Gasteiger charge is 2.37. The Balaban J connectivity index is 3.49. The SMILES string of the molecule is CCC(CC)(C(=O)O)n1cccc(OC)c1=O. The van der Waals surface area contributed by atoms with Gasteiger partial charge in [-0.3, -0.25) is 9.36 Å². The largest absolute Gasteiger partial charge is 0.491 e. The summed E-state index contributed by atoms with van der Waals surface area (Å²) in [6.45, 7) is 3.51. The monoisotopic (exact) mass is 239 g/mol. The van der Waals surface area contributed by atoms with Gasteiger partial charge >= 0.3 is 5.97 Å². The van der Waals surface area contributed by atoms with E-state index >= 15 is 0 Å². The molecule has 0 aliphatic rings. The van der Waals surface area contributed by atoms with E-state index in [4.69, 9.17) is 4.74 Å². The summed E-state index contributed by atoms with van der Waals surface area (Å²) in [4.78, 5) is 23.5. The van der Waals surface area contributed by atoms with Crippen LogP contribution in [-0.4, -0.2) is 22.8 Å². The maximum Gasteiger partial charge on any atom is 0.329 e. The molecular formula is C12H17NO4. The quantitative estimate of drug-likeness (QED) is 0.844. The van der Waals surface area contributed by atoms with Crippen LogP contribution in [0, 0.1) is 0 Å². The van der Waals surface area contributed by atoms with Crippen LogP contribution >= 0.6 is 0 Å². The number of carbonyl (C=O) groups is 1. The van der Waals surface area contributed by atoms with Crippen molar-refractivity contribution in [1.29, 1.82) is 0 Å². The van der Waals surface area contributed by atoms with E-state index in [1.54, 1.807) is 19.9 Å². The van der Waals surface area contributed by atoms with Gasteiger partial charge in [-0.15, -0.1) is 0 Å². The number of aliphatic carboxylic acids is 1. The third-order valence-corrected chi connectivity index (χ3v) is 3.16. The molecule has 1 aromatic rings. The minimum atomic E-state index is -1.20. The Morgan fingerprint density at radius 3 is 2.47 bits per heavy atom. The molecule has 0 atom stereocenters. The van der Waals surface area contributed by atoms with Crippen LogP contribution in [-0.2, 0) is 10.3 Å². The lowest BCUT2D eigenvalue weighted by atomic mass is 9.92. The molecule has 1 rings (SSSR count). The summed E-state index contributed by atoms with van der Waals surface area (Å²) in [7, 11) is 1.39. The summed E-state index contributed by atoms with van der Waals surface area (Å²) < 4.78 is 6.17. The maximum absolute atomic E-state index is 12.0. The van der Waals surface area contributed by atoms with Crippen molar-refractivity contribution in [3.8, 4) is 5.75 Å². The zero-order chi connectivity index (χ0) is 13.1. The molecule has 0 radical (unpaired) electrons. The number of pyridine rings is 1. The fourth-order valence-electron chi connectivity index (χ4n) is 1.96. The first-order valence-electron chi connectivity index (χ1n) is 5.53. The standard InChI is InChI=1S/C12H17NO4/c1-4-12(5-2,11(15)16)13-8-6-7-9(17-3)10(13)14/h6-8H,4-5H2,1-3H3,(H,15,16). The molecule has 0 bridgehead atoms. The van der Waals surface area contributed by atoms with Crippen LogP contribution in [0.5, 0.6) is 5.75 Å². The molecule has 1 heterocycles. The van der Waals surface area contributed by atoms with E-state index in [-0.39, 0.29) is 5.75 Å². The average Bonchev–Trinajstić information content (AvgIpc) is 2.33. The molecular weight excluding hydrogens is 222 g/mol. The van der Waals surface area contributed by atoms with Crippen LogP contribution in [0.15, 0.2) is 23.1 Å². The number of hydrogen-bond donors (Lipinski definition) is 1. The highest BCUT2D eigenvalue weighted by molar-refractivity contribution is 5.76. The van der Waals surface area contributed by atoms with E-state index in [1.165, 1.54) is 23.9 Å². The predicted octanol–water partition coefficient (Wildman–Crippen LogP) is 1.46. The molecule has 17 heavy (non-hydrogen) atoms. The third kappa shape index (κ3) is 2.05. The van der Waals surface area contributed by atoms with Gasteiger partial charge in [-0.05, 0) is 25.0 Å². The minimum Gasteiger partial charge on any atom is -0.491 e. The Bertz CT molecular complexity index is 460. The highest BCUT2D eigenvalue weighted by atomic mass is 16.5. The molecule has 94 valence electrons. The van der Waals surface area contributed by atoms with Gasteiger partial charge in [0.1, 0.15) is 5.54 Å². The first-order chi connectivity index (χ1) is 8.03. The zero-order valence-electron chi connectivity index (χ0n) is 10.3. The molecule has 0 spiro atoms. The topological polar surface area (TPSA) is 68.5 Å². The first kappa shape index (κ1) is 13.3. The number of carboxylic acids is 1. The molecule has 0 aromatic carbocycles. The molecule has 5 heteroatoms. The van der Waals surface area contributed by atoms with Gasteiger partial charge in [0.25, 0.3) is 5.56 Å². The van der Waals surface area contributed by atoms with Crippen molar-refractivity contribution in [3.63, 3.8) is 0 Å². The van der Waals surface area contributed by atoms with E-state index in [9.17, 15) is 14.7 Å². The summed E-state index contributed by atoms with van der Waals surface area (Å²) in [6, 6.07) is 3.14. The molecule has 1 N–H and O–H groups in total. The summed E-state index contributed by atoms with van der Waals surface area (Å²) in [6.07, 6.45) is 2.17. The Kier molecular flexibility index (Phi) is 3.93. The molecule has 0 amide bonds. The number of methoxy groups -OCH3 is 1. The molecule has 0 saturated heterocycles. The lowest BCUT2D eigenvalue weighted by Gasteiger charge is -2.29. The summed E-state index contributed by atoms with van der Waals surface area (Å²) in [5, 5.41) is 9.36. The van der Waals surface area contributed by atoms with Gasteiger partial charge in [-0.2, -0.15) is 0 Å². The van der Waals surface area contributed by atoms with Crippen molar-refractivity contribution >= 4 is 5.97 Å². The Labute approximate surface area is 99.6 Å². The molecule has 1 aromatic heterocycles. The molecule has 0 fully saturated rings. The van der Waals surface area contributed by atoms with Gasteiger partial charge < -0.3 is 9.84 Å². The van der Waals surface area contributed by atoms with Crippen molar-refractivity contribution < 1.29 is 14.6 Å². The van der Waals surface area contributed by atoms with Crippen molar-refractivity contribution in [2.45, 2.75) is 32.2 Å². The zero-order valence-corrected chi connectivity index (χ0v) is 10.3. The summed E-state index contributed by atoms with van der Waals surface area (Å²) >= 11 is 0. The fourth-order valence-corrected chi connectivity index (χ4v) is 1.96. The Hall–Kier alpha value is -1.78. The fraction of sp³-hybridized carbons (Fsp3) is 0.500. The van der Waals surface area contributed by atoms with Crippen molar-refractivity contribution in [2.24, 2.45) is 0 Å². The van der Waals surface area contributed by atoms with Crippen LogP contribution in [0.4, 0.5) is 0 Å². The van der Waals surface area contributed by atoms with Crippen molar-refractivity contribution in [3.05, 3.63) is 28.7 Å². The second-order valence-electron chi connectivity index (χ2n) is 3.80. The average molecular weight is 239 g/mol. The second kappa shape index (κ2) is 5.03. The second-order valence-corrected chi connectivity index (χ2v) is 3.80. The van der Waals surface area contributed by atoms with E-state index in [2.05, 4.69) is 0 Å². The van der Waals surface area contributed by atoms with Crippen LogP contribution in [0.25, 0.3) is 0 Å². The predicted molar refractivity (Wildman–Crippen MR) is 63.4 cm³/mol. The van der Waals surface area contributed by atoms with Gasteiger partial charge in [-0.25, -0.2) is 4.79 Å². The van der Waals surface area contributed by atoms with Crippen LogP contribution in [0.1, 0.15) is 26.7 Å².